The Bertz CT molecular complexity index is 1210. The number of aromatic nitrogens is 3. The van der Waals surface area contributed by atoms with Crippen molar-refractivity contribution in [2.24, 2.45) is 0 Å². The first-order valence-corrected chi connectivity index (χ1v) is 10.2. The van der Waals surface area contributed by atoms with Crippen LogP contribution in [0.5, 0.6) is 0 Å². The topological polar surface area (TPSA) is 80.9 Å². The third kappa shape index (κ3) is 4.31. The SMILES string of the molecule is Cc1ccc(C)c(CC(=O)Nc2onc(-c3cccc(Br)c3)c2-c2ccncn2)c1. The lowest BCUT2D eigenvalue weighted by Gasteiger charge is -2.08. The molecule has 0 bridgehead atoms. The summed E-state index contributed by atoms with van der Waals surface area (Å²) in [6, 6.07) is 15.5. The fourth-order valence-electron chi connectivity index (χ4n) is 3.22. The highest BCUT2D eigenvalue weighted by molar-refractivity contribution is 9.10. The van der Waals surface area contributed by atoms with E-state index in [1.165, 1.54) is 6.33 Å². The molecule has 0 saturated heterocycles. The number of aryl methyl sites for hydroxylation is 2. The van der Waals surface area contributed by atoms with Gasteiger partial charge in [0, 0.05) is 16.2 Å². The predicted molar refractivity (Wildman–Crippen MR) is 119 cm³/mol. The first-order chi connectivity index (χ1) is 14.5. The number of anilines is 1. The van der Waals surface area contributed by atoms with E-state index in [2.05, 4.69) is 36.4 Å². The van der Waals surface area contributed by atoms with Crippen LogP contribution in [0, 0.1) is 13.8 Å². The van der Waals surface area contributed by atoms with Gasteiger partial charge < -0.3 is 4.52 Å². The Morgan fingerprint density at radius 2 is 2.00 bits per heavy atom. The lowest BCUT2D eigenvalue weighted by molar-refractivity contribution is -0.115. The molecule has 7 heteroatoms. The Labute approximate surface area is 182 Å². The second kappa shape index (κ2) is 8.59. The summed E-state index contributed by atoms with van der Waals surface area (Å²) in [5.41, 5.74) is 5.82. The summed E-state index contributed by atoms with van der Waals surface area (Å²) in [5, 5.41) is 7.09. The van der Waals surface area contributed by atoms with Crippen molar-refractivity contribution in [3.8, 4) is 22.5 Å². The monoisotopic (exact) mass is 462 g/mol. The molecule has 0 atom stereocenters. The third-order valence-corrected chi connectivity index (χ3v) is 5.23. The summed E-state index contributed by atoms with van der Waals surface area (Å²) in [5.74, 6) is 0.0786. The van der Waals surface area contributed by atoms with Crippen LogP contribution in [0.25, 0.3) is 22.5 Å². The second-order valence-electron chi connectivity index (χ2n) is 7.00. The maximum atomic E-state index is 12.8. The molecule has 0 saturated carbocycles. The molecular formula is C23H19BrN4O2. The van der Waals surface area contributed by atoms with E-state index < -0.39 is 0 Å². The van der Waals surface area contributed by atoms with Crippen molar-refractivity contribution >= 4 is 27.7 Å². The zero-order valence-electron chi connectivity index (χ0n) is 16.5. The quantitative estimate of drug-likeness (QED) is 0.431. The number of benzene rings is 2. The molecule has 2 aromatic carbocycles. The van der Waals surface area contributed by atoms with Crippen molar-refractivity contribution in [1.29, 1.82) is 0 Å². The van der Waals surface area contributed by atoms with Crippen molar-refractivity contribution in [2.45, 2.75) is 20.3 Å². The second-order valence-corrected chi connectivity index (χ2v) is 7.91. The number of carbonyl (C=O) groups excluding carboxylic acids is 1. The van der Waals surface area contributed by atoms with Gasteiger partial charge >= 0.3 is 0 Å². The van der Waals surface area contributed by atoms with E-state index in [1.54, 1.807) is 12.3 Å². The van der Waals surface area contributed by atoms with Crippen LogP contribution in [-0.4, -0.2) is 21.0 Å². The zero-order valence-corrected chi connectivity index (χ0v) is 18.1. The molecule has 0 spiro atoms. The van der Waals surface area contributed by atoms with Gasteiger partial charge in [-0.15, -0.1) is 0 Å². The fraction of sp³-hybridized carbons (Fsp3) is 0.130. The van der Waals surface area contributed by atoms with Crippen LogP contribution < -0.4 is 5.32 Å². The number of amides is 1. The van der Waals surface area contributed by atoms with Crippen LogP contribution in [0.2, 0.25) is 0 Å². The van der Waals surface area contributed by atoms with E-state index in [9.17, 15) is 4.79 Å². The largest absolute Gasteiger partial charge is 0.337 e. The van der Waals surface area contributed by atoms with Crippen molar-refractivity contribution in [1.82, 2.24) is 15.1 Å². The predicted octanol–water partition coefficient (Wildman–Crippen LogP) is 5.36. The Hall–Kier alpha value is -3.32. The molecule has 0 aliphatic heterocycles. The number of nitrogens with zero attached hydrogens (tertiary/aromatic N) is 3. The zero-order chi connectivity index (χ0) is 21.1. The molecule has 0 fully saturated rings. The molecule has 0 unspecified atom stereocenters. The first kappa shape index (κ1) is 20.0. The molecule has 0 radical (unpaired) electrons. The highest BCUT2D eigenvalue weighted by Crippen LogP contribution is 2.37. The molecule has 2 aromatic heterocycles. The van der Waals surface area contributed by atoms with Crippen LogP contribution in [0.4, 0.5) is 5.88 Å². The normalized spacial score (nSPS) is 10.8. The van der Waals surface area contributed by atoms with Gasteiger partial charge in [0.15, 0.2) is 0 Å². The molecule has 1 N–H and O–H groups in total. The summed E-state index contributed by atoms with van der Waals surface area (Å²) in [7, 11) is 0. The van der Waals surface area contributed by atoms with Crippen molar-refractivity contribution in [2.75, 3.05) is 5.32 Å². The lowest BCUT2D eigenvalue weighted by Crippen LogP contribution is -2.15. The summed E-state index contributed by atoms with van der Waals surface area (Å²) in [6.07, 6.45) is 3.33. The van der Waals surface area contributed by atoms with Gasteiger partial charge in [-0.2, -0.15) is 0 Å². The van der Waals surface area contributed by atoms with Gasteiger partial charge in [-0.05, 0) is 43.2 Å². The number of hydrogen-bond acceptors (Lipinski definition) is 5. The van der Waals surface area contributed by atoms with Crippen LogP contribution in [-0.2, 0) is 11.2 Å². The molecule has 6 nitrogen and oxygen atoms in total. The lowest BCUT2D eigenvalue weighted by atomic mass is 10.0. The van der Waals surface area contributed by atoms with Crippen LogP contribution in [0.3, 0.4) is 0 Å². The number of nitrogens with one attached hydrogen (secondary N) is 1. The molecule has 4 aromatic rings. The van der Waals surface area contributed by atoms with Gasteiger partial charge in [-0.3, -0.25) is 10.1 Å². The average Bonchev–Trinajstić information content (AvgIpc) is 3.15. The Balaban J connectivity index is 1.70. The van der Waals surface area contributed by atoms with Crippen molar-refractivity contribution < 1.29 is 9.32 Å². The first-order valence-electron chi connectivity index (χ1n) is 9.39. The fourth-order valence-corrected chi connectivity index (χ4v) is 3.62. The Morgan fingerprint density at radius 1 is 1.13 bits per heavy atom. The third-order valence-electron chi connectivity index (χ3n) is 4.74. The van der Waals surface area contributed by atoms with E-state index in [0.717, 1.165) is 26.7 Å². The minimum Gasteiger partial charge on any atom is -0.337 e. The molecule has 30 heavy (non-hydrogen) atoms. The van der Waals surface area contributed by atoms with E-state index in [0.29, 0.717) is 17.0 Å². The average molecular weight is 463 g/mol. The molecule has 4 rings (SSSR count). The van der Waals surface area contributed by atoms with Crippen LogP contribution >= 0.6 is 15.9 Å². The molecule has 2 heterocycles. The van der Waals surface area contributed by atoms with E-state index >= 15 is 0 Å². The summed E-state index contributed by atoms with van der Waals surface area (Å²) in [6.45, 7) is 4.00. The molecule has 0 aliphatic rings. The van der Waals surface area contributed by atoms with Gasteiger partial charge in [0.2, 0.25) is 11.8 Å². The van der Waals surface area contributed by atoms with Gasteiger partial charge in [-0.1, -0.05) is 57.0 Å². The molecule has 1 amide bonds. The molecule has 150 valence electrons. The van der Waals surface area contributed by atoms with E-state index in [1.807, 2.05) is 56.3 Å². The van der Waals surface area contributed by atoms with E-state index in [-0.39, 0.29) is 18.2 Å². The maximum Gasteiger partial charge on any atom is 0.241 e. The van der Waals surface area contributed by atoms with Crippen LogP contribution in [0.15, 0.2) is 70.1 Å². The Kier molecular flexibility index (Phi) is 5.72. The van der Waals surface area contributed by atoms with Gasteiger partial charge in [0.25, 0.3) is 0 Å². The number of carbonyl (C=O) groups is 1. The van der Waals surface area contributed by atoms with E-state index in [4.69, 9.17) is 4.52 Å². The van der Waals surface area contributed by atoms with Gasteiger partial charge in [0.1, 0.15) is 12.0 Å². The van der Waals surface area contributed by atoms with Crippen molar-refractivity contribution in [3.05, 3.63) is 82.2 Å². The number of halogens is 1. The molecular weight excluding hydrogens is 444 g/mol. The standard InChI is InChI=1S/C23H19BrN4O2/c1-14-6-7-15(2)17(10-14)12-20(29)27-23-21(19-8-9-25-13-26-19)22(28-30-23)16-4-3-5-18(24)11-16/h3-11,13H,12H2,1-2H3,(H,27,29). The molecule has 0 aliphatic carbocycles. The van der Waals surface area contributed by atoms with Crippen molar-refractivity contribution in [3.63, 3.8) is 0 Å². The summed E-state index contributed by atoms with van der Waals surface area (Å²) in [4.78, 5) is 21.1. The maximum absolute atomic E-state index is 12.8. The van der Waals surface area contributed by atoms with Gasteiger partial charge in [0.05, 0.1) is 17.7 Å². The number of rotatable bonds is 5. The summed E-state index contributed by atoms with van der Waals surface area (Å²) < 4.78 is 6.46. The Morgan fingerprint density at radius 3 is 2.77 bits per heavy atom. The smallest absolute Gasteiger partial charge is 0.241 e. The van der Waals surface area contributed by atoms with Crippen LogP contribution in [0.1, 0.15) is 16.7 Å². The summed E-state index contributed by atoms with van der Waals surface area (Å²) >= 11 is 3.48. The van der Waals surface area contributed by atoms with Gasteiger partial charge in [-0.25, -0.2) is 9.97 Å². The number of hydrogen-bond donors (Lipinski definition) is 1. The highest BCUT2D eigenvalue weighted by atomic mass is 79.9. The minimum atomic E-state index is -0.184. The minimum absolute atomic E-state index is 0.184. The highest BCUT2D eigenvalue weighted by Gasteiger charge is 2.22.